The molecule has 138 valence electrons. The number of rotatable bonds is 2. The van der Waals surface area contributed by atoms with Crippen LogP contribution in [0.25, 0.3) is 0 Å². The van der Waals surface area contributed by atoms with Crippen LogP contribution in [-0.2, 0) is 15.5 Å². The molecule has 0 bridgehead atoms. The molecule has 26 heavy (non-hydrogen) atoms. The molecule has 0 aromatic heterocycles. The number of anilines is 1. The van der Waals surface area contributed by atoms with Gasteiger partial charge >= 0.3 is 0 Å². The summed E-state index contributed by atoms with van der Waals surface area (Å²) in [6.07, 6.45) is 6.13. The van der Waals surface area contributed by atoms with Gasteiger partial charge in [-0.25, -0.2) is 0 Å². The predicted molar refractivity (Wildman–Crippen MR) is 110 cm³/mol. The molecule has 4 rings (SSSR count). The molecule has 1 N–H and O–H groups in total. The van der Waals surface area contributed by atoms with E-state index in [2.05, 4.69) is 72.1 Å². The SMILES string of the molecule is CN1c2cccc(CBr)c2C(C)(C)C12C=CC1=C(O2)C(CCl)=CC(O)C1. The van der Waals surface area contributed by atoms with Crippen molar-refractivity contribution in [3.8, 4) is 0 Å². The molecule has 0 saturated heterocycles. The Morgan fingerprint density at radius 2 is 2.15 bits per heavy atom. The minimum Gasteiger partial charge on any atom is -0.463 e. The smallest absolute Gasteiger partial charge is 0.211 e. The zero-order valence-electron chi connectivity index (χ0n) is 15.2. The summed E-state index contributed by atoms with van der Waals surface area (Å²) in [6, 6.07) is 6.42. The normalized spacial score (nSPS) is 28.8. The molecule has 1 aromatic carbocycles. The summed E-state index contributed by atoms with van der Waals surface area (Å²) < 4.78 is 6.74. The molecular weight excluding hydrogens is 414 g/mol. The van der Waals surface area contributed by atoms with Gasteiger partial charge < -0.3 is 14.7 Å². The predicted octanol–water partition coefficient (Wildman–Crippen LogP) is 4.78. The number of hydrogen-bond donors (Lipinski definition) is 1. The minimum absolute atomic E-state index is 0.260. The van der Waals surface area contributed by atoms with Crippen LogP contribution < -0.4 is 4.90 Å². The average molecular weight is 437 g/mol. The monoisotopic (exact) mass is 435 g/mol. The van der Waals surface area contributed by atoms with Crippen molar-refractivity contribution in [2.24, 2.45) is 0 Å². The van der Waals surface area contributed by atoms with E-state index in [0.29, 0.717) is 12.3 Å². The molecular formula is C21H23BrClNO2. The van der Waals surface area contributed by atoms with E-state index in [4.69, 9.17) is 16.3 Å². The Bertz CT molecular complexity index is 858. The van der Waals surface area contributed by atoms with Crippen molar-refractivity contribution in [1.29, 1.82) is 0 Å². The Kier molecular flexibility index (Phi) is 4.29. The van der Waals surface area contributed by atoms with Crippen molar-refractivity contribution in [2.75, 3.05) is 17.8 Å². The maximum atomic E-state index is 10.1. The number of benzene rings is 1. The molecule has 0 fully saturated rings. The second-order valence-corrected chi connectivity index (χ2v) is 8.54. The van der Waals surface area contributed by atoms with Crippen molar-refractivity contribution in [1.82, 2.24) is 0 Å². The lowest BCUT2D eigenvalue weighted by atomic mass is 9.74. The van der Waals surface area contributed by atoms with E-state index < -0.39 is 11.8 Å². The zero-order chi connectivity index (χ0) is 18.7. The number of ether oxygens (including phenoxy) is 1. The minimum atomic E-state index is -0.625. The number of aliphatic hydroxyl groups excluding tert-OH is 1. The van der Waals surface area contributed by atoms with Gasteiger partial charge in [0.25, 0.3) is 0 Å². The van der Waals surface area contributed by atoms with E-state index in [1.54, 1.807) is 0 Å². The number of aliphatic hydroxyl groups is 1. The Balaban J connectivity index is 1.85. The van der Waals surface area contributed by atoms with Crippen LogP contribution in [0.5, 0.6) is 0 Å². The fourth-order valence-corrected chi connectivity index (χ4v) is 5.34. The van der Waals surface area contributed by atoms with Gasteiger partial charge in [-0.15, -0.1) is 11.6 Å². The van der Waals surface area contributed by atoms with Crippen molar-refractivity contribution in [3.63, 3.8) is 0 Å². The van der Waals surface area contributed by atoms with Crippen molar-refractivity contribution < 1.29 is 9.84 Å². The van der Waals surface area contributed by atoms with E-state index >= 15 is 0 Å². The van der Waals surface area contributed by atoms with Crippen molar-refractivity contribution in [2.45, 2.75) is 42.8 Å². The first-order chi connectivity index (χ1) is 12.4. The van der Waals surface area contributed by atoms with Gasteiger partial charge in [0.1, 0.15) is 5.76 Å². The highest BCUT2D eigenvalue weighted by Gasteiger charge is 2.58. The molecule has 0 amide bonds. The summed E-state index contributed by atoms with van der Waals surface area (Å²) in [5.41, 5.74) is 4.77. The number of nitrogens with zero attached hydrogens (tertiary/aromatic N) is 1. The van der Waals surface area contributed by atoms with Crippen LogP contribution >= 0.6 is 27.5 Å². The van der Waals surface area contributed by atoms with E-state index in [0.717, 1.165) is 22.2 Å². The van der Waals surface area contributed by atoms with Crippen molar-refractivity contribution >= 4 is 33.2 Å². The van der Waals surface area contributed by atoms with Crippen LogP contribution in [0.2, 0.25) is 0 Å². The average Bonchev–Trinajstić information content (AvgIpc) is 2.80. The van der Waals surface area contributed by atoms with Crippen LogP contribution in [0, 0.1) is 0 Å². The van der Waals surface area contributed by atoms with E-state index in [1.807, 2.05) is 6.08 Å². The summed E-state index contributed by atoms with van der Waals surface area (Å²) in [5.74, 6) is 1.14. The lowest BCUT2D eigenvalue weighted by molar-refractivity contribution is -0.00491. The molecule has 2 atom stereocenters. The van der Waals surface area contributed by atoms with Crippen LogP contribution in [0.1, 0.15) is 31.4 Å². The summed E-state index contributed by atoms with van der Waals surface area (Å²) in [4.78, 5) is 2.23. The lowest BCUT2D eigenvalue weighted by Crippen LogP contribution is -2.56. The second kappa shape index (κ2) is 6.15. The molecule has 1 aliphatic carbocycles. The molecule has 0 saturated carbocycles. The third kappa shape index (κ3) is 2.28. The first kappa shape index (κ1) is 18.1. The van der Waals surface area contributed by atoms with Gasteiger partial charge in [-0.3, -0.25) is 0 Å². The third-order valence-corrected chi connectivity index (χ3v) is 6.86. The molecule has 1 spiro atoms. The molecule has 0 radical (unpaired) electrons. The van der Waals surface area contributed by atoms with Gasteiger partial charge in [-0.05, 0) is 48.8 Å². The molecule has 2 unspecified atom stereocenters. The highest BCUT2D eigenvalue weighted by atomic mass is 79.9. The van der Waals surface area contributed by atoms with Gasteiger partial charge in [0.15, 0.2) is 0 Å². The van der Waals surface area contributed by atoms with Crippen LogP contribution in [-0.4, -0.2) is 29.9 Å². The number of hydrogen-bond acceptors (Lipinski definition) is 3. The van der Waals surface area contributed by atoms with Gasteiger partial charge in [-0.1, -0.05) is 34.1 Å². The molecule has 1 aromatic rings. The largest absolute Gasteiger partial charge is 0.463 e. The zero-order valence-corrected chi connectivity index (χ0v) is 17.6. The maximum Gasteiger partial charge on any atom is 0.211 e. The molecule has 3 nitrogen and oxygen atoms in total. The van der Waals surface area contributed by atoms with E-state index in [9.17, 15) is 5.11 Å². The Hall–Kier alpha value is -1.23. The van der Waals surface area contributed by atoms with Crippen LogP contribution in [0.3, 0.4) is 0 Å². The summed E-state index contributed by atoms with van der Waals surface area (Å²) in [7, 11) is 2.09. The molecule has 5 heteroatoms. The Morgan fingerprint density at radius 1 is 1.38 bits per heavy atom. The van der Waals surface area contributed by atoms with Gasteiger partial charge in [0, 0.05) is 30.1 Å². The summed E-state index contributed by atoms with van der Waals surface area (Å²) >= 11 is 9.80. The van der Waals surface area contributed by atoms with Gasteiger partial charge in [0.2, 0.25) is 5.72 Å². The topological polar surface area (TPSA) is 32.7 Å². The number of allylic oxidation sites excluding steroid dienone is 2. The van der Waals surface area contributed by atoms with Crippen LogP contribution in [0.15, 0.2) is 53.3 Å². The number of fused-ring (bicyclic) bond motifs is 1. The first-order valence-electron chi connectivity index (χ1n) is 8.84. The third-order valence-electron chi connectivity index (χ3n) is 5.97. The van der Waals surface area contributed by atoms with Crippen LogP contribution in [0.4, 0.5) is 5.69 Å². The fourth-order valence-electron chi connectivity index (χ4n) is 4.67. The highest BCUT2D eigenvalue weighted by Crippen LogP contribution is 2.56. The summed E-state index contributed by atoms with van der Waals surface area (Å²) in [6.45, 7) is 4.47. The first-order valence-corrected chi connectivity index (χ1v) is 10.5. The lowest BCUT2D eigenvalue weighted by Gasteiger charge is -2.47. The van der Waals surface area contributed by atoms with Gasteiger partial charge in [0.05, 0.1) is 17.4 Å². The van der Waals surface area contributed by atoms with E-state index in [1.165, 1.54) is 16.8 Å². The molecule has 2 heterocycles. The quantitative estimate of drug-likeness (QED) is 0.678. The molecule has 3 aliphatic rings. The fraction of sp³-hybridized carbons (Fsp3) is 0.429. The van der Waals surface area contributed by atoms with Crippen molar-refractivity contribution in [3.05, 3.63) is 64.5 Å². The van der Waals surface area contributed by atoms with E-state index in [-0.39, 0.29) is 5.41 Å². The highest BCUT2D eigenvalue weighted by molar-refractivity contribution is 9.08. The number of alkyl halides is 2. The number of halogens is 2. The molecule has 2 aliphatic heterocycles. The summed E-state index contributed by atoms with van der Waals surface area (Å²) in [5, 5.41) is 10.9. The Morgan fingerprint density at radius 3 is 2.85 bits per heavy atom. The second-order valence-electron chi connectivity index (χ2n) is 7.71. The standard InChI is InChI=1S/C21H23BrClNO2/c1-20(2)18-14(11-22)5-4-6-17(18)24(3)21(20)8-7-13-9-16(25)10-15(12-23)19(13)26-21/h4-8,10,16,25H,9,11-12H2,1-3H3. The Labute approximate surface area is 168 Å². The maximum absolute atomic E-state index is 10.1. The van der Waals surface area contributed by atoms with Gasteiger partial charge in [-0.2, -0.15) is 0 Å². The number of likely N-dealkylation sites (N-methyl/N-ethyl adjacent to an activating group) is 1.